The molecule has 0 aromatic rings. The van der Waals surface area contributed by atoms with Gasteiger partial charge in [-0.1, -0.05) is 42.7 Å². The number of nitrogens with zero attached hydrogens (tertiary/aromatic N) is 1. The number of carboxylic acid groups (broad SMARTS) is 1. The maximum atomic E-state index is 11.7. The highest BCUT2D eigenvalue weighted by atomic mass is 32.1. The Labute approximate surface area is 127 Å². The van der Waals surface area contributed by atoms with Crippen molar-refractivity contribution in [1.82, 2.24) is 4.90 Å². The molecule has 0 aromatic heterocycles. The zero-order chi connectivity index (χ0) is 14.6. The number of aliphatic carboxylic acids is 1. The Kier molecular flexibility index (Phi) is 5.84. The zero-order valence-corrected chi connectivity index (χ0v) is 12.7. The van der Waals surface area contributed by atoms with Crippen LogP contribution in [0.3, 0.4) is 0 Å². The van der Waals surface area contributed by atoms with Gasteiger partial charge in [0.1, 0.15) is 11.0 Å². The standard InChI is InChI=1S/C12H13NO3S3/c1-7(14)13(9(6-17)12(15)16)11(19)8-4-2-3-5-10(8)18/h2-4,9,17H,5-6H2,1H3,(H,15,16)/t9-/m0/s1. The highest BCUT2D eigenvalue weighted by molar-refractivity contribution is 7.83. The highest BCUT2D eigenvalue weighted by Gasteiger charge is 2.31. The highest BCUT2D eigenvalue weighted by Crippen LogP contribution is 2.17. The molecule has 19 heavy (non-hydrogen) atoms. The molecule has 0 saturated carbocycles. The third-order valence-corrected chi connectivity index (χ3v) is 3.71. The molecule has 1 aliphatic rings. The van der Waals surface area contributed by atoms with Crippen LogP contribution in [0.4, 0.5) is 0 Å². The van der Waals surface area contributed by atoms with Crippen LogP contribution in [0, 0.1) is 0 Å². The van der Waals surface area contributed by atoms with Crippen LogP contribution in [0.2, 0.25) is 0 Å². The van der Waals surface area contributed by atoms with E-state index in [2.05, 4.69) is 12.6 Å². The van der Waals surface area contributed by atoms with E-state index in [0.29, 0.717) is 16.9 Å². The molecule has 1 amide bonds. The van der Waals surface area contributed by atoms with Gasteiger partial charge in [-0.3, -0.25) is 9.69 Å². The smallest absolute Gasteiger partial charge is 0.327 e. The molecule has 102 valence electrons. The number of carboxylic acids is 1. The molecule has 1 aliphatic carbocycles. The number of hydrogen-bond donors (Lipinski definition) is 2. The summed E-state index contributed by atoms with van der Waals surface area (Å²) in [5, 5.41) is 9.14. The molecule has 0 saturated heterocycles. The summed E-state index contributed by atoms with van der Waals surface area (Å²) in [6.07, 6.45) is 5.92. The van der Waals surface area contributed by atoms with Crippen LogP contribution in [0.15, 0.2) is 23.8 Å². The summed E-state index contributed by atoms with van der Waals surface area (Å²) in [6.45, 7) is 1.27. The van der Waals surface area contributed by atoms with Crippen molar-refractivity contribution in [1.29, 1.82) is 0 Å². The monoisotopic (exact) mass is 315 g/mol. The Hall–Kier alpha value is -1.05. The fourth-order valence-electron chi connectivity index (χ4n) is 1.64. The SMILES string of the molecule is CC(=O)N(C(=S)C1=CC=CCC1=S)[C@@H](CS)C(=O)O. The number of hydrogen-bond acceptors (Lipinski definition) is 5. The van der Waals surface area contributed by atoms with E-state index in [4.69, 9.17) is 29.5 Å². The predicted octanol–water partition coefficient (Wildman–Crippen LogP) is 1.80. The van der Waals surface area contributed by atoms with Crippen LogP contribution >= 0.6 is 37.1 Å². The molecule has 7 heteroatoms. The first-order valence-electron chi connectivity index (χ1n) is 5.48. The number of amides is 1. The Morgan fingerprint density at radius 3 is 2.63 bits per heavy atom. The van der Waals surface area contributed by atoms with Crippen molar-refractivity contribution in [3.05, 3.63) is 23.8 Å². The average molecular weight is 315 g/mol. The van der Waals surface area contributed by atoms with E-state index in [9.17, 15) is 9.59 Å². The summed E-state index contributed by atoms with van der Waals surface area (Å²) in [5.41, 5.74) is 0.552. The van der Waals surface area contributed by atoms with E-state index in [0.717, 1.165) is 4.90 Å². The predicted molar refractivity (Wildman–Crippen MR) is 84.8 cm³/mol. The fourth-order valence-corrected chi connectivity index (χ4v) is 2.73. The number of rotatable bonds is 4. The molecule has 0 aliphatic heterocycles. The van der Waals surface area contributed by atoms with Crippen LogP contribution in [-0.4, -0.2) is 43.5 Å². The van der Waals surface area contributed by atoms with E-state index in [1.807, 2.05) is 6.08 Å². The van der Waals surface area contributed by atoms with E-state index in [-0.39, 0.29) is 10.7 Å². The first-order valence-corrected chi connectivity index (χ1v) is 6.92. The zero-order valence-electron chi connectivity index (χ0n) is 10.2. The van der Waals surface area contributed by atoms with E-state index < -0.39 is 17.9 Å². The van der Waals surface area contributed by atoms with Gasteiger partial charge in [0.15, 0.2) is 0 Å². The summed E-state index contributed by atoms with van der Waals surface area (Å²) in [6, 6.07) is -1.09. The lowest BCUT2D eigenvalue weighted by Crippen LogP contribution is -2.49. The summed E-state index contributed by atoms with van der Waals surface area (Å²) in [7, 11) is 0. The van der Waals surface area contributed by atoms with Gasteiger partial charge in [0.2, 0.25) is 5.91 Å². The lowest BCUT2D eigenvalue weighted by molar-refractivity contribution is -0.145. The number of carbonyl (C=O) groups excluding carboxylic acids is 1. The number of thiol groups is 1. The molecule has 1 rings (SSSR count). The normalized spacial score (nSPS) is 15.7. The van der Waals surface area contributed by atoms with Gasteiger partial charge in [0, 0.05) is 29.5 Å². The van der Waals surface area contributed by atoms with Crippen LogP contribution in [0.25, 0.3) is 0 Å². The molecule has 0 aromatic carbocycles. The van der Waals surface area contributed by atoms with Crippen LogP contribution in [-0.2, 0) is 9.59 Å². The molecule has 0 spiro atoms. The molecule has 0 bridgehead atoms. The van der Waals surface area contributed by atoms with Gasteiger partial charge in [-0.2, -0.15) is 12.6 Å². The van der Waals surface area contributed by atoms with Gasteiger partial charge < -0.3 is 5.11 Å². The van der Waals surface area contributed by atoms with Gasteiger partial charge in [-0.05, 0) is 0 Å². The largest absolute Gasteiger partial charge is 0.480 e. The molecule has 1 atom stereocenters. The van der Waals surface area contributed by atoms with E-state index in [1.54, 1.807) is 12.2 Å². The minimum atomic E-state index is -1.15. The van der Waals surface area contributed by atoms with Gasteiger partial charge in [-0.15, -0.1) is 0 Å². The molecule has 0 heterocycles. The second-order valence-electron chi connectivity index (χ2n) is 3.87. The van der Waals surface area contributed by atoms with Crippen molar-refractivity contribution >= 4 is 58.8 Å². The second-order valence-corrected chi connectivity index (χ2v) is 5.11. The Balaban J connectivity index is 3.13. The van der Waals surface area contributed by atoms with Crippen molar-refractivity contribution in [2.24, 2.45) is 0 Å². The maximum absolute atomic E-state index is 11.7. The van der Waals surface area contributed by atoms with Crippen molar-refractivity contribution in [2.45, 2.75) is 19.4 Å². The van der Waals surface area contributed by atoms with E-state index in [1.165, 1.54) is 6.92 Å². The first-order chi connectivity index (χ1) is 8.90. The topological polar surface area (TPSA) is 57.6 Å². The third-order valence-electron chi connectivity index (χ3n) is 2.56. The molecule has 0 fully saturated rings. The molecule has 0 radical (unpaired) electrons. The number of allylic oxidation sites excluding steroid dienone is 3. The van der Waals surface area contributed by atoms with Gasteiger partial charge >= 0.3 is 5.97 Å². The number of thiocarbonyl (C=S) groups is 2. The summed E-state index contributed by atoms with van der Waals surface area (Å²) in [4.78, 5) is 24.7. The van der Waals surface area contributed by atoms with Crippen molar-refractivity contribution in [3.63, 3.8) is 0 Å². The van der Waals surface area contributed by atoms with Crippen LogP contribution < -0.4 is 0 Å². The maximum Gasteiger partial charge on any atom is 0.327 e. The quantitative estimate of drug-likeness (QED) is 0.612. The Morgan fingerprint density at radius 2 is 2.21 bits per heavy atom. The average Bonchev–Trinajstić information content (AvgIpc) is 2.34. The molecule has 4 nitrogen and oxygen atoms in total. The van der Waals surface area contributed by atoms with E-state index >= 15 is 0 Å². The molecule has 1 N–H and O–H groups in total. The molecular formula is C12H13NO3S3. The second kappa shape index (κ2) is 6.93. The summed E-state index contributed by atoms with van der Waals surface area (Å²) < 4.78 is 0. The Morgan fingerprint density at radius 1 is 1.58 bits per heavy atom. The van der Waals surface area contributed by atoms with Gasteiger partial charge in [0.25, 0.3) is 0 Å². The first kappa shape index (κ1) is 16.0. The minimum Gasteiger partial charge on any atom is -0.480 e. The van der Waals surface area contributed by atoms with Crippen molar-refractivity contribution in [3.8, 4) is 0 Å². The van der Waals surface area contributed by atoms with Gasteiger partial charge in [-0.25, -0.2) is 4.79 Å². The van der Waals surface area contributed by atoms with Crippen LogP contribution in [0.1, 0.15) is 13.3 Å². The minimum absolute atomic E-state index is 0.0229. The van der Waals surface area contributed by atoms with Crippen molar-refractivity contribution in [2.75, 3.05) is 5.75 Å². The fraction of sp³-hybridized carbons (Fsp3) is 0.333. The molecular weight excluding hydrogens is 302 g/mol. The lowest BCUT2D eigenvalue weighted by atomic mass is 10.0. The summed E-state index contributed by atoms with van der Waals surface area (Å²) in [5.74, 6) is -1.61. The number of carbonyl (C=O) groups is 2. The van der Waals surface area contributed by atoms with Crippen LogP contribution in [0.5, 0.6) is 0 Å². The Bertz CT molecular complexity index is 496. The lowest BCUT2D eigenvalue weighted by Gasteiger charge is -2.29. The van der Waals surface area contributed by atoms with Gasteiger partial charge in [0.05, 0.1) is 0 Å². The molecule has 0 unspecified atom stereocenters. The third kappa shape index (κ3) is 3.71. The summed E-state index contributed by atoms with van der Waals surface area (Å²) >= 11 is 14.4. The van der Waals surface area contributed by atoms with Crippen molar-refractivity contribution < 1.29 is 14.7 Å².